The van der Waals surface area contributed by atoms with E-state index in [9.17, 15) is 0 Å². The van der Waals surface area contributed by atoms with Crippen LogP contribution in [0, 0.1) is 0 Å². The number of nitrogens with zero attached hydrogens (tertiary/aromatic N) is 4. The minimum atomic E-state index is -1.73. The van der Waals surface area contributed by atoms with Gasteiger partial charge in [0.1, 0.15) is 0 Å². The number of hydrogen-bond donors (Lipinski definition) is 1. The average molecular weight is 451 g/mol. The molecule has 1 aliphatic heterocycles. The molecule has 0 amide bonds. The first-order valence-corrected chi connectivity index (χ1v) is 10.8. The number of hydrogen-bond acceptors (Lipinski definition) is 5. The molecule has 3 aromatic rings. The first-order chi connectivity index (χ1) is 13.9. The van der Waals surface area contributed by atoms with Crippen molar-refractivity contribution in [3.05, 3.63) is 48.3 Å². The van der Waals surface area contributed by atoms with E-state index in [1.54, 1.807) is 0 Å². The van der Waals surface area contributed by atoms with E-state index >= 15 is 0 Å². The Morgan fingerprint density at radius 3 is 2.59 bits per heavy atom. The highest BCUT2D eigenvalue weighted by Crippen LogP contribution is 2.37. The van der Waals surface area contributed by atoms with Crippen LogP contribution in [0.1, 0.15) is 25.1 Å². The van der Waals surface area contributed by atoms with Crippen molar-refractivity contribution in [3.8, 4) is 11.4 Å². The third-order valence-corrected chi connectivity index (χ3v) is 5.84. The molecule has 1 atom stereocenters. The van der Waals surface area contributed by atoms with Crippen molar-refractivity contribution in [2.75, 3.05) is 25.5 Å². The molecule has 8 heteroatoms. The summed E-state index contributed by atoms with van der Waals surface area (Å²) in [6, 6.07) is 14.7. The predicted molar refractivity (Wildman–Crippen MR) is 121 cm³/mol. The Morgan fingerprint density at radius 2 is 1.86 bits per heavy atom. The van der Waals surface area contributed by atoms with Crippen molar-refractivity contribution in [2.45, 2.75) is 29.1 Å². The van der Waals surface area contributed by atoms with Crippen LogP contribution in [-0.4, -0.2) is 46.0 Å². The molecule has 2 heterocycles. The summed E-state index contributed by atoms with van der Waals surface area (Å²) in [5, 5.41) is 5.53. The fourth-order valence-corrected chi connectivity index (χ4v) is 3.99. The molecule has 1 unspecified atom stereocenters. The smallest absolute Gasteiger partial charge is 0.250 e. The van der Waals surface area contributed by atoms with Crippen LogP contribution in [-0.2, 0) is 3.79 Å². The lowest BCUT2D eigenvalue weighted by Gasteiger charge is -2.19. The van der Waals surface area contributed by atoms with Gasteiger partial charge in [0.2, 0.25) is 9.74 Å². The van der Waals surface area contributed by atoms with E-state index in [1.165, 1.54) is 12.8 Å². The summed E-state index contributed by atoms with van der Waals surface area (Å²) in [6.07, 6.45) is 3.48. The molecule has 0 bridgehead atoms. The fourth-order valence-electron chi connectivity index (χ4n) is 3.73. The summed E-state index contributed by atoms with van der Waals surface area (Å²) < 4.78 is -1.73. The van der Waals surface area contributed by atoms with Gasteiger partial charge in [0.25, 0.3) is 0 Å². The second-order valence-corrected chi connectivity index (χ2v) is 9.64. The molecular formula is C21H22Cl3N5. The van der Waals surface area contributed by atoms with Gasteiger partial charge in [0.15, 0.2) is 11.6 Å². The number of nitrogens with one attached hydrogen (secondary N) is 1. The van der Waals surface area contributed by atoms with Crippen LogP contribution >= 0.6 is 34.8 Å². The van der Waals surface area contributed by atoms with Crippen LogP contribution in [0.2, 0.25) is 0 Å². The SMILES string of the molecule is CN1CCCC1CCNc1nc(-c2ccc3ccccc3c2)nc(C(Cl)(Cl)Cl)n1. The van der Waals surface area contributed by atoms with Gasteiger partial charge in [0, 0.05) is 18.2 Å². The van der Waals surface area contributed by atoms with Crippen molar-refractivity contribution in [2.24, 2.45) is 0 Å². The molecule has 1 N–H and O–H groups in total. The Balaban J connectivity index is 1.61. The summed E-state index contributed by atoms with van der Waals surface area (Å²) in [5.41, 5.74) is 0.847. The number of anilines is 1. The minimum absolute atomic E-state index is 0.112. The van der Waals surface area contributed by atoms with Gasteiger partial charge in [-0.3, -0.25) is 0 Å². The van der Waals surface area contributed by atoms with E-state index in [2.05, 4.69) is 38.3 Å². The zero-order chi connectivity index (χ0) is 20.4. The standard InChI is InChI=1S/C21H22Cl3N5/c1-29-12-4-7-17(29)10-11-25-20-27-18(26-19(28-20)21(22,23)24)16-9-8-14-5-2-3-6-15(14)13-16/h2-3,5-6,8-9,13,17H,4,7,10-12H2,1H3,(H,25,26,27,28). The topological polar surface area (TPSA) is 53.9 Å². The lowest BCUT2D eigenvalue weighted by Crippen LogP contribution is -2.27. The molecular weight excluding hydrogens is 429 g/mol. The highest BCUT2D eigenvalue weighted by Gasteiger charge is 2.28. The minimum Gasteiger partial charge on any atom is -0.354 e. The van der Waals surface area contributed by atoms with Crippen molar-refractivity contribution in [1.82, 2.24) is 19.9 Å². The molecule has 152 valence electrons. The summed E-state index contributed by atoms with van der Waals surface area (Å²) in [7, 11) is 2.17. The van der Waals surface area contributed by atoms with Crippen LogP contribution in [0.3, 0.4) is 0 Å². The molecule has 0 aliphatic carbocycles. The Labute approximate surface area is 185 Å². The number of halogens is 3. The molecule has 1 saturated heterocycles. The van der Waals surface area contributed by atoms with E-state index in [-0.39, 0.29) is 5.82 Å². The van der Waals surface area contributed by atoms with Crippen LogP contribution in [0.5, 0.6) is 0 Å². The lowest BCUT2D eigenvalue weighted by molar-refractivity contribution is 0.301. The Kier molecular flexibility index (Phi) is 6.11. The van der Waals surface area contributed by atoms with Gasteiger partial charge >= 0.3 is 0 Å². The monoisotopic (exact) mass is 449 g/mol. The lowest BCUT2D eigenvalue weighted by atomic mass is 10.1. The van der Waals surface area contributed by atoms with Crippen molar-refractivity contribution < 1.29 is 0 Å². The maximum absolute atomic E-state index is 6.09. The van der Waals surface area contributed by atoms with E-state index in [0.29, 0.717) is 17.8 Å². The number of likely N-dealkylation sites (tertiary alicyclic amines) is 1. The number of aromatic nitrogens is 3. The maximum Gasteiger partial charge on any atom is 0.250 e. The summed E-state index contributed by atoms with van der Waals surface area (Å²) in [5.74, 6) is 1.01. The number of rotatable bonds is 5. The second kappa shape index (κ2) is 8.60. The molecule has 0 saturated carbocycles. The molecule has 5 nitrogen and oxygen atoms in total. The molecule has 0 radical (unpaired) electrons. The van der Waals surface area contributed by atoms with Crippen molar-refractivity contribution >= 4 is 51.5 Å². The van der Waals surface area contributed by atoms with Gasteiger partial charge in [-0.25, -0.2) is 4.98 Å². The first kappa shape index (κ1) is 20.6. The summed E-state index contributed by atoms with van der Waals surface area (Å²) in [6.45, 7) is 1.90. The van der Waals surface area contributed by atoms with E-state index in [0.717, 1.165) is 35.8 Å². The number of benzene rings is 2. The van der Waals surface area contributed by atoms with Crippen LogP contribution < -0.4 is 5.32 Å². The quantitative estimate of drug-likeness (QED) is 0.526. The predicted octanol–water partition coefficient (Wildman–Crippen LogP) is 5.41. The number of fused-ring (bicyclic) bond motifs is 1. The molecule has 29 heavy (non-hydrogen) atoms. The molecule has 2 aromatic carbocycles. The van der Waals surface area contributed by atoms with Crippen LogP contribution in [0.25, 0.3) is 22.2 Å². The van der Waals surface area contributed by atoms with Gasteiger partial charge in [-0.2, -0.15) is 9.97 Å². The van der Waals surface area contributed by atoms with Crippen LogP contribution in [0.15, 0.2) is 42.5 Å². The molecule has 1 aromatic heterocycles. The normalized spacial score (nSPS) is 17.7. The Hall–Kier alpha value is -1.66. The summed E-state index contributed by atoms with van der Waals surface area (Å²) >= 11 is 18.3. The molecule has 4 rings (SSSR count). The Morgan fingerprint density at radius 1 is 1.07 bits per heavy atom. The van der Waals surface area contributed by atoms with E-state index < -0.39 is 3.79 Å². The molecule has 1 aliphatic rings. The van der Waals surface area contributed by atoms with Gasteiger partial charge in [-0.05, 0) is 49.7 Å². The summed E-state index contributed by atoms with van der Waals surface area (Å²) in [4.78, 5) is 15.7. The molecule has 1 fully saturated rings. The third kappa shape index (κ3) is 4.92. The van der Waals surface area contributed by atoms with E-state index in [4.69, 9.17) is 34.8 Å². The van der Waals surface area contributed by atoms with Crippen LogP contribution in [0.4, 0.5) is 5.95 Å². The van der Waals surface area contributed by atoms with Gasteiger partial charge in [0.05, 0.1) is 0 Å². The van der Waals surface area contributed by atoms with Gasteiger partial charge in [-0.1, -0.05) is 71.2 Å². The number of alkyl halides is 3. The van der Waals surface area contributed by atoms with Crippen molar-refractivity contribution in [1.29, 1.82) is 0 Å². The highest BCUT2D eigenvalue weighted by molar-refractivity contribution is 6.66. The largest absolute Gasteiger partial charge is 0.354 e. The first-order valence-electron chi connectivity index (χ1n) is 9.67. The van der Waals surface area contributed by atoms with Gasteiger partial charge in [-0.15, -0.1) is 0 Å². The Bertz CT molecular complexity index is 1010. The van der Waals surface area contributed by atoms with Crippen molar-refractivity contribution in [3.63, 3.8) is 0 Å². The zero-order valence-corrected chi connectivity index (χ0v) is 18.3. The third-order valence-electron chi connectivity index (χ3n) is 5.33. The van der Waals surface area contributed by atoms with Gasteiger partial charge < -0.3 is 10.2 Å². The molecule has 0 spiro atoms. The fraction of sp³-hybridized carbons (Fsp3) is 0.381. The second-order valence-electron chi connectivity index (χ2n) is 7.36. The van der Waals surface area contributed by atoms with E-state index in [1.807, 2.05) is 36.4 Å². The zero-order valence-electron chi connectivity index (χ0n) is 16.1. The average Bonchev–Trinajstić information content (AvgIpc) is 3.11. The maximum atomic E-state index is 6.09. The highest BCUT2D eigenvalue weighted by atomic mass is 35.6.